The van der Waals surface area contributed by atoms with E-state index in [1.54, 1.807) is 18.2 Å². The third-order valence-corrected chi connectivity index (χ3v) is 5.05. The van der Waals surface area contributed by atoms with E-state index in [0.717, 1.165) is 12.0 Å². The van der Waals surface area contributed by atoms with Gasteiger partial charge in [0.15, 0.2) is 5.75 Å². The van der Waals surface area contributed by atoms with Crippen molar-refractivity contribution in [3.63, 3.8) is 0 Å². The first-order valence-corrected chi connectivity index (χ1v) is 9.37. The van der Waals surface area contributed by atoms with Crippen molar-refractivity contribution in [1.29, 1.82) is 0 Å². The molecule has 1 atom stereocenters. The molecule has 0 radical (unpaired) electrons. The molecule has 1 aromatic heterocycles. The molecular weight excluding hydrogens is 357 g/mol. The van der Waals surface area contributed by atoms with Gasteiger partial charge in [-0.25, -0.2) is 0 Å². The normalized spacial score (nSPS) is 12.1. The number of hydrogen-bond acceptors (Lipinski definition) is 3. The number of halogens is 2. The molecule has 1 aromatic carbocycles. The number of pyridine rings is 1. The van der Waals surface area contributed by atoms with Gasteiger partial charge in [0.2, 0.25) is 5.43 Å². The second-order valence-corrected chi connectivity index (χ2v) is 7.28. The maximum absolute atomic E-state index is 12.2. The lowest BCUT2D eigenvalue weighted by molar-refractivity contribution is 0.313. The fourth-order valence-corrected chi connectivity index (χ4v) is 3.44. The van der Waals surface area contributed by atoms with Crippen LogP contribution in [0, 0.1) is 0 Å². The molecule has 0 amide bonds. The molecular formula is C16H17Cl2NO3S. The van der Waals surface area contributed by atoms with E-state index in [1.165, 1.54) is 12.3 Å². The lowest BCUT2D eigenvalue weighted by Crippen LogP contribution is -2.11. The first kappa shape index (κ1) is 18.0. The molecule has 0 saturated heterocycles. The predicted octanol–water partition coefficient (Wildman–Crippen LogP) is 3.92. The van der Waals surface area contributed by atoms with Crippen molar-refractivity contribution in [2.75, 3.05) is 6.61 Å². The zero-order chi connectivity index (χ0) is 16.8. The maximum Gasteiger partial charge on any atom is 0.223 e. The zero-order valence-corrected chi connectivity index (χ0v) is 14.9. The summed E-state index contributed by atoms with van der Waals surface area (Å²) < 4.78 is 17.5. The largest absolute Gasteiger partial charge is 0.488 e. The van der Waals surface area contributed by atoms with Crippen molar-refractivity contribution < 1.29 is 8.95 Å². The Bertz CT molecular complexity index is 761. The highest BCUT2D eigenvalue weighted by Crippen LogP contribution is 2.23. The molecule has 0 aliphatic heterocycles. The van der Waals surface area contributed by atoms with Crippen LogP contribution in [-0.4, -0.2) is 15.8 Å². The van der Waals surface area contributed by atoms with Gasteiger partial charge in [-0.1, -0.05) is 36.2 Å². The lowest BCUT2D eigenvalue weighted by Gasteiger charge is -2.07. The van der Waals surface area contributed by atoms with Gasteiger partial charge in [-0.05, 0) is 24.1 Å². The number of H-pyrrole nitrogens is 1. The molecule has 1 unspecified atom stereocenters. The Morgan fingerprint density at radius 1 is 1.17 bits per heavy atom. The highest BCUT2D eigenvalue weighted by atomic mass is 35.5. The Balaban J connectivity index is 2.01. The highest BCUT2D eigenvalue weighted by molar-refractivity contribution is 7.83. The highest BCUT2D eigenvalue weighted by Gasteiger charge is 2.08. The van der Waals surface area contributed by atoms with E-state index in [9.17, 15) is 9.00 Å². The van der Waals surface area contributed by atoms with E-state index >= 15 is 0 Å². The van der Waals surface area contributed by atoms with Gasteiger partial charge in [0, 0.05) is 34.5 Å². The van der Waals surface area contributed by atoms with Gasteiger partial charge in [0.05, 0.1) is 22.4 Å². The zero-order valence-electron chi connectivity index (χ0n) is 12.6. The molecule has 4 nitrogen and oxygen atoms in total. The average molecular weight is 374 g/mol. The minimum atomic E-state index is -1.17. The number of hydrogen-bond donors (Lipinski definition) is 1. The van der Waals surface area contributed by atoms with Crippen LogP contribution in [-0.2, 0) is 22.3 Å². The first-order valence-electron chi connectivity index (χ1n) is 7.13. The van der Waals surface area contributed by atoms with Crippen LogP contribution in [0.5, 0.6) is 5.75 Å². The molecule has 0 aliphatic carbocycles. The minimum absolute atomic E-state index is 0.210. The van der Waals surface area contributed by atoms with E-state index in [-0.39, 0.29) is 16.9 Å². The summed E-state index contributed by atoms with van der Waals surface area (Å²) >= 11 is 11.8. The van der Waals surface area contributed by atoms with E-state index in [1.807, 2.05) is 6.92 Å². The van der Waals surface area contributed by atoms with Crippen LogP contribution in [0.25, 0.3) is 0 Å². The second kappa shape index (κ2) is 8.52. The van der Waals surface area contributed by atoms with Crippen LogP contribution in [0.4, 0.5) is 0 Å². The number of benzene rings is 1. The summed E-state index contributed by atoms with van der Waals surface area (Å²) in [6.45, 7) is 2.46. The van der Waals surface area contributed by atoms with Gasteiger partial charge in [0.25, 0.3) is 0 Å². The quantitative estimate of drug-likeness (QED) is 0.799. The van der Waals surface area contributed by atoms with Crippen molar-refractivity contribution in [3.05, 3.63) is 62.0 Å². The monoisotopic (exact) mass is 373 g/mol. The summed E-state index contributed by atoms with van der Waals surface area (Å²) in [6, 6.07) is 6.60. The Morgan fingerprint density at radius 2 is 1.96 bits per heavy atom. The summed E-state index contributed by atoms with van der Waals surface area (Å²) in [5.74, 6) is 0.877. The Hall–Kier alpha value is -1.30. The molecule has 1 N–H and O–H groups in total. The van der Waals surface area contributed by atoms with E-state index in [2.05, 4.69) is 4.98 Å². The molecule has 0 aliphatic rings. The molecule has 0 fully saturated rings. The number of nitrogens with one attached hydrogen (secondary N) is 1. The van der Waals surface area contributed by atoms with Crippen molar-refractivity contribution in [2.45, 2.75) is 24.9 Å². The van der Waals surface area contributed by atoms with Gasteiger partial charge < -0.3 is 9.72 Å². The van der Waals surface area contributed by atoms with Crippen LogP contribution >= 0.6 is 23.2 Å². The minimum Gasteiger partial charge on any atom is -0.488 e. The van der Waals surface area contributed by atoms with E-state index in [0.29, 0.717) is 28.1 Å². The molecule has 2 aromatic rings. The molecule has 7 heteroatoms. The van der Waals surface area contributed by atoms with Gasteiger partial charge in [0.1, 0.15) is 0 Å². The Kier molecular flexibility index (Phi) is 6.69. The third-order valence-electron chi connectivity index (χ3n) is 3.03. The van der Waals surface area contributed by atoms with Crippen LogP contribution in [0.2, 0.25) is 10.0 Å². The molecule has 124 valence electrons. The fourth-order valence-electron chi connectivity index (χ4n) is 1.95. The Morgan fingerprint density at radius 3 is 2.61 bits per heavy atom. The standard InChI is InChI=1S/C16H17Cl2NO3S/c1-2-5-22-16-8-19-12(7-15(16)20)10-23(21)9-11-3-4-13(17)14(18)6-11/h3-4,6-8H,2,5,9-10H2,1H3,(H,19,20). The second-order valence-electron chi connectivity index (χ2n) is 5.01. The molecule has 0 saturated carbocycles. The van der Waals surface area contributed by atoms with Crippen LogP contribution in [0.3, 0.4) is 0 Å². The predicted molar refractivity (Wildman–Crippen MR) is 94.9 cm³/mol. The number of aromatic nitrogens is 1. The SMILES string of the molecule is CCCOc1c[nH]c(CS(=O)Cc2ccc(Cl)c(Cl)c2)cc1=O. The average Bonchev–Trinajstić information content (AvgIpc) is 2.50. The van der Waals surface area contributed by atoms with Crippen molar-refractivity contribution in [3.8, 4) is 5.75 Å². The van der Waals surface area contributed by atoms with Crippen LogP contribution < -0.4 is 10.2 Å². The number of aromatic amines is 1. The lowest BCUT2D eigenvalue weighted by atomic mass is 10.2. The Labute approximate surface area is 147 Å². The van der Waals surface area contributed by atoms with E-state index < -0.39 is 10.8 Å². The first-order chi connectivity index (χ1) is 11.0. The summed E-state index contributed by atoms with van der Waals surface area (Å²) in [5, 5.41) is 0.903. The van der Waals surface area contributed by atoms with E-state index in [4.69, 9.17) is 27.9 Å². The van der Waals surface area contributed by atoms with Gasteiger partial charge >= 0.3 is 0 Å². The summed E-state index contributed by atoms with van der Waals surface area (Å²) in [7, 11) is -1.17. The smallest absolute Gasteiger partial charge is 0.223 e. The molecule has 2 rings (SSSR count). The van der Waals surface area contributed by atoms with Crippen molar-refractivity contribution >= 4 is 34.0 Å². The fraction of sp³-hybridized carbons (Fsp3) is 0.312. The number of rotatable bonds is 7. The van der Waals surface area contributed by atoms with Crippen molar-refractivity contribution in [2.24, 2.45) is 0 Å². The van der Waals surface area contributed by atoms with Crippen LogP contribution in [0.15, 0.2) is 35.3 Å². The molecule has 23 heavy (non-hydrogen) atoms. The third kappa shape index (κ3) is 5.37. The molecule has 0 spiro atoms. The molecule has 1 heterocycles. The summed E-state index contributed by atoms with van der Waals surface area (Å²) in [6.07, 6.45) is 2.35. The summed E-state index contributed by atoms with van der Waals surface area (Å²) in [4.78, 5) is 14.9. The summed E-state index contributed by atoms with van der Waals surface area (Å²) in [5.41, 5.74) is 1.24. The van der Waals surface area contributed by atoms with Crippen LogP contribution in [0.1, 0.15) is 24.6 Å². The topological polar surface area (TPSA) is 59.2 Å². The van der Waals surface area contributed by atoms with Gasteiger partial charge in [-0.15, -0.1) is 0 Å². The van der Waals surface area contributed by atoms with Gasteiger partial charge in [-0.3, -0.25) is 9.00 Å². The molecule has 0 bridgehead atoms. The number of ether oxygens (including phenoxy) is 1. The maximum atomic E-state index is 12.2. The van der Waals surface area contributed by atoms with Gasteiger partial charge in [-0.2, -0.15) is 0 Å². The van der Waals surface area contributed by atoms with Crippen molar-refractivity contribution in [1.82, 2.24) is 4.98 Å².